The van der Waals surface area contributed by atoms with Crippen LogP contribution in [-0.4, -0.2) is 25.7 Å². The number of hydrogen-bond acceptors (Lipinski definition) is 4. The summed E-state index contributed by atoms with van der Waals surface area (Å²) in [5, 5.41) is 7.53. The van der Waals surface area contributed by atoms with Crippen LogP contribution < -0.4 is 11.1 Å². The number of fused-ring (bicyclic) bond motifs is 1. The number of anilines is 2. The van der Waals surface area contributed by atoms with E-state index in [9.17, 15) is 0 Å². The fourth-order valence-electron chi connectivity index (χ4n) is 2.02. The van der Waals surface area contributed by atoms with Gasteiger partial charge in [0.15, 0.2) is 0 Å². The first-order chi connectivity index (χ1) is 9.33. The zero-order valence-corrected chi connectivity index (χ0v) is 10.5. The summed E-state index contributed by atoms with van der Waals surface area (Å²) >= 11 is 0. The zero-order chi connectivity index (χ0) is 13.1. The fraction of sp³-hybridized carbons (Fsp3) is 0.231. The molecule has 0 aliphatic rings. The van der Waals surface area contributed by atoms with E-state index in [0.29, 0.717) is 5.69 Å². The lowest BCUT2D eigenvalue weighted by atomic mass is 10.3. The Morgan fingerprint density at radius 3 is 3.11 bits per heavy atom. The molecule has 6 nitrogen and oxygen atoms in total. The number of imidazole rings is 1. The molecule has 98 valence electrons. The highest BCUT2D eigenvalue weighted by Gasteiger charge is 2.01. The highest BCUT2D eigenvalue weighted by atomic mass is 15.2. The molecule has 0 amide bonds. The third kappa shape index (κ3) is 2.52. The Labute approximate surface area is 110 Å². The van der Waals surface area contributed by atoms with Crippen molar-refractivity contribution in [3.05, 3.63) is 43.2 Å². The van der Waals surface area contributed by atoms with Crippen molar-refractivity contribution in [1.82, 2.24) is 19.2 Å². The van der Waals surface area contributed by atoms with E-state index in [1.165, 1.54) is 0 Å². The molecule has 3 heterocycles. The van der Waals surface area contributed by atoms with E-state index in [2.05, 4.69) is 20.0 Å². The number of aromatic nitrogens is 4. The quantitative estimate of drug-likeness (QED) is 0.680. The third-order valence-electron chi connectivity index (χ3n) is 3.03. The number of aryl methyl sites for hydroxylation is 1. The van der Waals surface area contributed by atoms with E-state index in [0.717, 1.165) is 30.7 Å². The largest absolute Gasteiger partial charge is 0.396 e. The molecule has 3 rings (SSSR count). The summed E-state index contributed by atoms with van der Waals surface area (Å²) in [4.78, 5) is 4.02. The summed E-state index contributed by atoms with van der Waals surface area (Å²) in [6.45, 7) is 1.87. The van der Waals surface area contributed by atoms with Crippen LogP contribution in [0.15, 0.2) is 43.2 Å². The van der Waals surface area contributed by atoms with Crippen LogP contribution in [0, 0.1) is 0 Å². The highest BCUT2D eigenvalue weighted by Crippen LogP contribution is 2.17. The van der Waals surface area contributed by atoms with E-state index >= 15 is 0 Å². The monoisotopic (exact) mass is 256 g/mol. The van der Waals surface area contributed by atoms with Gasteiger partial charge in [0.1, 0.15) is 0 Å². The second-order valence-corrected chi connectivity index (χ2v) is 4.43. The SMILES string of the molecule is Nc1cnn2ccc(NCCCn3ccnc3)cc12. The summed E-state index contributed by atoms with van der Waals surface area (Å²) < 4.78 is 3.84. The standard InChI is InChI=1S/C13H16N6/c14-12-9-17-19-6-2-11(8-13(12)19)16-3-1-5-18-7-4-15-10-18/h2,4,6-10,16H,1,3,5,14H2. The van der Waals surface area contributed by atoms with Gasteiger partial charge in [0, 0.05) is 37.4 Å². The second-order valence-electron chi connectivity index (χ2n) is 4.43. The fourth-order valence-corrected chi connectivity index (χ4v) is 2.02. The molecule has 0 unspecified atom stereocenters. The van der Waals surface area contributed by atoms with E-state index < -0.39 is 0 Å². The van der Waals surface area contributed by atoms with Crippen molar-refractivity contribution >= 4 is 16.9 Å². The summed E-state index contributed by atoms with van der Waals surface area (Å²) in [5.74, 6) is 0. The topological polar surface area (TPSA) is 73.2 Å². The molecule has 0 aromatic carbocycles. The molecule has 0 radical (unpaired) electrons. The summed E-state index contributed by atoms with van der Waals surface area (Å²) in [7, 11) is 0. The minimum absolute atomic E-state index is 0.696. The molecule has 0 bridgehead atoms. The van der Waals surface area contributed by atoms with Crippen LogP contribution in [0.1, 0.15) is 6.42 Å². The lowest BCUT2D eigenvalue weighted by molar-refractivity contribution is 0.661. The van der Waals surface area contributed by atoms with Crippen molar-refractivity contribution in [2.24, 2.45) is 0 Å². The Morgan fingerprint density at radius 2 is 2.26 bits per heavy atom. The zero-order valence-electron chi connectivity index (χ0n) is 10.5. The lowest BCUT2D eigenvalue weighted by Crippen LogP contribution is -2.06. The number of nitrogens with zero attached hydrogens (tertiary/aromatic N) is 4. The van der Waals surface area contributed by atoms with Crippen LogP contribution in [0.4, 0.5) is 11.4 Å². The van der Waals surface area contributed by atoms with Crippen LogP contribution in [0.2, 0.25) is 0 Å². The van der Waals surface area contributed by atoms with Gasteiger partial charge in [-0.1, -0.05) is 0 Å². The van der Waals surface area contributed by atoms with Gasteiger partial charge in [0.2, 0.25) is 0 Å². The van der Waals surface area contributed by atoms with E-state index in [1.807, 2.05) is 30.9 Å². The normalized spacial score (nSPS) is 10.9. The van der Waals surface area contributed by atoms with Crippen LogP contribution in [0.3, 0.4) is 0 Å². The first kappa shape index (κ1) is 11.6. The summed E-state index contributed by atoms with van der Waals surface area (Å²) in [6.07, 6.45) is 10.2. The van der Waals surface area contributed by atoms with Gasteiger partial charge in [-0.3, -0.25) is 0 Å². The van der Waals surface area contributed by atoms with Gasteiger partial charge in [0.25, 0.3) is 0 Å². The Morgan fingerprint density at radius 1 is 1.32 bits per heavy atom. The maximum atomic E-state index is 5.84. The van der Waals surface area contributed by atoms with E-state index in [-0.39, 0.29) is 0 Å². The first-order valence-electron chi connectivity index (χ1n) is 6.25. The van der Waals surface area contributed by atoms with Crippen molar-refractivity contribution in [1.29, 1.82) is 0 Å². The predicted molar refractivity (Wildman–Crippen MR) is 74.9 cm³/mol. The molecule has 0 spiro atoms. The van der Waals surface area contributed by atoms with Gasteiger partial charge in [-0.15, -0.1) is 0 Å². The van der Waals surface area contributed by atoms with Crippen molar-refractivity contribution in [2.45, 2.75) is 13.0 Å². The van der Waals surface area contributed by atoms with E-state index in [4.69, 9.17) is 5.73 Å². The molecule has 6 heteroatoms. The first-order valence-corrected chi connectivity index (χ1v) is 6.25. The summed E-state index contributed by atoms with van der Waals surface area (Å²) in [6, 6.07) is 4.01. The molecule has 0 aliphatic heterocycles. The molecule has 3 N–H and O–H groups in total. The average Bonchev–Trinajstić information content (AvgIpc) is 3.06. The molecule has 0 saturated carbocycles. The van der Waals surface area contributed by atoms with Gasteiger partial charge in [-0.25, -0.2) is 9.50 Å². The maximum Gasteiger partial charge on any atom is 0.0945 e. The van der Waals surface area contributed by atoms with Crippen LogP contribution in [0.25, 0.3) is 5.52 Å². The number of nitrogens with two attached hydrogens (primary N) is 1. The number of nitrogen functional groups attached to an aromatic ring is 1. The number of pyridine rings is 1. The second kappa shape index (κ2) is 5.01. The molecule has 3 aromatic rings. The maximum absolute atomic E-state index is 5.84. The van der Waals surface area contributed by atoms with Crippen LogP contribution in [-0.2, 0) is 6.54 Å². The predicted octanol–water partition coefficient (Wildman–Crippen LogP) is 1.62. The van der Waals surface area contributed by atoms with E-state index in [1.54, 1.807) is 16.9 Å². The highest BCUT2D eigenvalue weighted by molar-refractivity contribution is 5.72. The van der Waals surface area contributed by atoms with Gasteiger partial charge >= 0.3 is 0 Å². The van der Waals surface area contributed by atoms with Crippen molar-refractivity contribution in [3.63, 3.8) is 0 Å². The van der Waals surface area contributed by atoms with Gasteiger partial charge in [-0.2, -0.15) is 5.10 Å². The molecule has 0 fully saturated rings. The number of rotatable bonds is 5. The molecule has 0 atom stereocenters. The molecule has 3 aromatic heterocycles. The van der Waals surface area contributed by atoms with Crippen molar-refractivity contribution < 1.29 is 0 Å². The van der Waals surface area contributed by atoms with Crippen LogP contribution >= 0.6 is 0 Å². The summed E-state index contributed by atoms with van der Waals surface area (Å²) in [5.41, 5.74) is 8.53. The molecule has 0 aliphatic carbocycles. The minimum atomic E-state index is 0.696. The van der Waals surface area contributed by atoms with Gasteiger partial charge in [0.05, 0.1) is 23.7 Å². The van der Waals surface area contributed by atoms with Crippen molar-refractivity contribution in [3.8, 4) is 0 Å². The van der Waals surface area contributed by atoms with Gasteiger partial charge in [-0.05, 0) is 18.6 Å². The molecular formula is C13H16N6. The minimum Gasteiger partial charge on any atom is -0.396 e. The number of nitrogens with one attached hydrogen (secondary N) is 1. The smallest absolute Gasteiger partial charge is 0.0945 e. The Balaban J connectivity index is 1.57. The molecule has 19 heavy (non-hydrogen) atoms. The third-order valence-corrected chi connectivity index (χ3v) is 3.03. The average molecular weight is 256 g/mol. The Hall–Kier alpha value is -2.50. The molecular weight excluding hydrogens is 240 g/mol. The number of hydrogen-bond donors (Lipinski definition) is 2. The van der Waals surface area contributed by atoms with Crippen molar-refractivity contribution in [2.75, 3.05) is 17.6 Å². The lowest BCUT2D eigenvalue weighted by Gasteiger charge is -2.07. The Kier molecular flexibility index (Phi) is 3.06. The van der Waals surface area contributed by atoms with Gasteiger partial charge < -0.3 is 15.6 Å². The van der Waals surface area contributed by atoms with Crippen LogP contribution in [0.5, 0.6) is 0 Å². The molecule has 0 saturated heterocycles. The Bertz CT molecular complexity index is 655.